The van der Waals surface area contributed by atoms with Crippen molar-refractivity contribution in [3.05, 3.63) is 99.7 Å². The maximum Gasteiger partial charge on any atom is 0.416 e. The molecule has 2 fully saturated rings. The summed E-state index contributed by atoms with van der Waals surface area (Å²) in [6, 6.07) is 12.7. The lowest BCUT2D eigenvalue weighted by Crippen LogP contribution is -2.46. The summed E-state index contributed by atoms with van der Waals surface area (Å²) in [5.74, 6) is -4.55. The molecule has 2 saturated heterocycles. The summed E-state index contributed by atoms with van der Waals surface area (Å²) in [4.78, 5) is 55.1. The zero-order valence-corrected chi connectivity index (χ0v) is 21.7. The van der Waals surface area contributed by atoms with E-state index in [4.69, 9.17) is 4.74 Å². The van der Waals surface area contributed by atoms with E-state index in [1.165, 1.54) is 25.3 Å². The molecule has 0 saturated carbocycles. The van der Waals surface area contributed by atoms with Crippen LogP contribution in [-0.4, -0.2) is 40.7 Å². The van der Waals surface area contributed by atoms with Gasteiger partial charge in [0.2, 0.25) is 17.7 Å². The molecule has 0 bridgehead atoms. The number of nitro benzene ring substituents is 1. The Balaban J connectivity index is 1.44. The maximum absolute atomic E-state index is 14.1. The number of benzene rings is 3. The number of amides is 3. The lowest BCUT2D eigenvalue weighted by Gasteiger charge is -2.35. The van der Waals surface area contributed by atoms with Gasteiger partial charge in [-0.25, -0.2) is 4.90 Å². The topological polar surface area (TPSA) is 122 Å². The van der Waals surface area contributed by atoms with E-state index in [1.807, 2.05) is 6.07 Å². The van der Waals surface area contributed by atoms with E-state index in [0.29, 0.717) is 5.56 Å². The molecule has 1 N–H and O–H groups in total. The van der Waals surface area contributed by atoms with Crippen LogP contribution in [0.3, 0.4) is 0 Å². The Labute approximate surface area is 236 Å². The minimum Gasteiger partial charge on any atom is -0.495 e. The summed E-state index contributed by atoms with van der Waals surface area (Å²) < 4.78 is 45.2. The fourth-order valence-electron chi connectivity index (χ4n) is 6.05. The van der Waals surface area contributed by atoms with Gasteiger partial charge in [0.05, 0.1) is 35.5 Å². The molecule has 0 aliphatic carbocycles. The zero-order valence-electron chi connectivity index (χ0n) is 21.7. The Morgan fingerprint density at radius 3 is 2.45 bits per heavy atom. The standard InChI is InChI=1S/C29H21F3N4O6/c1-42-21-10-9-18(36(40)41)14-20(21)35-27(38)22-23(28(35)39)25(34-12-11-15-5-2-3-8-19(15)24(22)34)26(37)33-17-7-4-6-16(13-17)29(30,31)32/h2-14,22-25H,1H3,(H,33,37)/t22-,23+,24-,25+/m0/s1. The van der Waals surface area contributed by atoms with Gasteiger partial charge in [0.25, 0.3) is 5.69 Å². The number of ether oxygens (including phenoxy) is 1. The van der Waals surface area contributed by atoms with Gasteiger partial charge in [-0.15, -0.1) is 0 Å². The largest absolute Gasteiger partial charge is 0.495 e. The van der Waals surface area contributed by atoms with Gasteiger partial charge >= 0.3 is 6.18 Å². The number of anilines is 2. The number of hydrogen-bond donors (Lipinski definition) is 1. The van der Waals surface area contributed by atoms with Crippen molar-refractivity contribution in [2.24, 2.45) is 11.8 Å². The normalized spacial score (nSPS) is 22.5. The first-order valence-corrected chi connectivity index (χ1v) is 12.7. The van der Waals surface area contributed by atoms with Crippen molar-refractivity contribution in [3.63, 3.8) is 0 Å². The molecular weight excluding hydrogens is 557 g/mol. The number of halogens is 3. The first kappa shape index (κ1) is 27.0. The number of rotatable bonds is 5. The number of nitrogens with one attached hydrogen (secondary N) is 1. The quantitative estimate of drug-likeness (QED) is 0.263. The van der Waals surface area contributed by atoms with Crippen LogP contribution in [0, 0.1) is 22.0 Å². The third-order valence-electron chi connectivity index (χ3n) is 7.80. The molecule has 4 atom stereocenters. The first-order valence-electron chi connectivity index (χ1n) is 12.7. The van der Waals surface area contributed by atoms with Crippen molar-refractivity contribution < 1.29 is 37.2 Å². The smallest absolute Gasteiger partial charge is 0.416 e. The number of imide groups is 1. The van der Waals surface area contributed by atoms with Crippen LogP contribution in [0.4, 0.5) is 30.2 Å². The van der Waals surface area contributed by atoms with E-state index >= 15 is 0 Å². The molecule has 13 heteroatoms. The molecule has 3 aliphatic heterocycles. The molecule has 42 heavy (non-hydrogen) atoms. The van der Waals surface area contributed by atoms with Crippen LogP contribution in [0.2, 0.25) is 0 Å². The Kier molecular flexibility index (Phi) is 6.24. The average molecular weight is 579 g/mol. The van der Waals surface area contributed by atoms with Gasteiger partial charge in [0, 0.05) is 24.0 Å². The molecule has 0 spiro atoms. The number of nitro groups is 1. The summed E-state index contributed by atoms with van der Waals surface area (Å²) in [5, 5.41) is 14.0. The van der Waals surface area contributed by atoms with Gasteiger partial charge in [0.1, 0.15) is 17.5 Å². The van der Waals surface area contributed by atoms with Gasteiger partial charge in [-0.2, -0.15) is 13.2 Å². The summed E-state index contributed by atoms with van der Waals surface area (Å²) in [6.45, 7) is 0. The highest BCUT2D eigenvalue weighted by molar-refractivity contribution is 6.25. The highest BCUT2D eigenvalue weighted by atomic mass is 19.4. The van der Waals surface area contributed by atoms with Crippen molar-refractivity contribution in [2.75, 3.05) is 17.3 Å². The summed E-state index contributed by atoms with van der Waals surface area (Å²) >= 11 is 0. The minimum absolute atomic E-state index is 0.0352. The van der Waals surface area contributed by atoms with Crippen molar-refractivity contribution in [1.29, 1.82) is 0 Å². The van der Waals surface area contributed by atoms with Crippen LogP contribution in [0.15, 0.2) is 72.9 Å². The summed E-state index contributed by atoms with van der Waals surface area (Å²) in [5.41, 5.74) is -0.175. The summed E-state index contributed by atoms with van der Waals surface area (Å²) in [7, 11) is 1.28. The number of non-ortho nitro benzene ring substituents is 1. The van der Waals surface area contributed by atoms with Crippen LogP contribution in [0.25, 0.3) is 6.08 Å². The van der Waals surface area contributed by atoms with Crippen LogP contribution < -0.4 is 15.0 Å². The highest BCUT2D eigenvalue weighted by Crippen LogP contribution is 2.54. The maximum atomic E-state index is 14.1. The molecule has 6 rings (SSSR count). The Morgan fingerprint density at radius 1 is 1.00 bits per heavy atom. The van der Waals surface area contributed by atoms with Crippen LogP contribution in [0.1, 0.15) is 22.7 Å². The third-order valence-corrected chi connectivity index (χ3v) is 7.80. The fraction of sp³-hybridized carbons (Fsp3) is 0.207. The molecule has 0 unspecified atom stereocenters. The van der Waals surface area contributed by atoms with E-state index in [-0.39, 0.29) is 22.8 Å². The monoisotopic (exact) mass is 578 g/mol. The summed E-state index contributed by atoms with van der Waals surface area (Å²) in [6.07, 6.45) is -1.32. The second kappa shape index (κ2) is 9.72. The van der Waals surface area contributed by atoms with E-state index in [1.54, 1.807) is 35.4 Å². The Morgan fingerprint density at radius 2 is 1.74 bits per heavy atom. The Bertz CT molecular complexity index is 1690. The first-order chi connectivity index (χ1) is 20.0. The molecule has 3 heterocycles. The molecule has 214 valence electrons. The van der Waals surface area contributed by atoms with Crippen LogP contribution >= 0.6 is 0 Å². The average Bonchev–Trinajstić information content (AvgIpc) is 3.44. The van der Waals surface area contributed by atoms with E-state index in [0.717, 1.165) is 34.7 Å². The van der Waals surface area contributed by atoms with Crippen molar-refractivity contribution in [3.8, 4) is 5.75 Å². The van der Waals surface area contributed by atoms with Gasteiger partial charge in [-0.1, -0.05) is 30.3 Å². The van der Waals surface area contributed by atoms with Gasteiger partial charge in [-0.05, 0) is 41.5 Å². The molecule has 3 aromatic carbocycles. The van der Waals surface area contributed by atoms with E-state index in [9.17, 15) is 37.7 Å². The second-order valence-corrected chi connectivity index (χ2v) is 10.0. The second-order valence-electron chi connectivity index (χ2n) is 10.0. The van der Waals surface area contributed by atoms with Gasteiger partial charge < -0.3 is 15.0 Å². The number of methoxy groups -OCH3 is 1. The lowest BCUT2D eigenvalue weighted by atomic mass is 9.84. The van der Waals surface area contributed by atoms with Crippen molar-refractivity contribution in [1.82, 2.24) is 4.90 Å². The number of hydrogen-bond acceptors (Lipinski definition) is 7. The van der Waals surface area contributed by atoms with Gasteiger partial charge in [0.15, 0.2) is 0 Å². The molecule has 0 radical (unpaired) electrons. The Hall–Kier alpha value is -5.20. The number of nitrogens with zero attached hydrogens (tertiary/aromatic N) is 3. The number of carbonyl (C=O) groups is 3. The highest BCUT2D eigenvalue weighted by Gasteiger charge is 2.65. The molecule has 10 nitrogen and oxygen atoms in total. The van der Waals surface area contributed by atoms with E-state index in [2.05, 4.69) is 5.32 Å². The van der Waals surface area contributed by atoms with Crippen molar-refractivity contribution >= 4 is 40.9 Å². The van der Waals surface area contributed by atoms with E-state index < -0.39 is 58.3 Å². The predicted octanol–water partition coefficient (Wildman–Crippen LogP) is 4.78. The third kappa shape index (κ3) is 4.16. The van der Waals surface area contributed by atoms with Gasteiger partial charge in [-0.3, -0.25) is 24.5 Å². The number of carbonyl (C=O) groups excluding carboxylic acids is 3. The zero-order chi connectivity index (χ0) is 29.9. The SMILES string of the molecule is COc1ccc([N+](=O)[O-])cc1N1C(=O)[C@@H]2[C@H](C1=O)[C@@H]1c3ccccc3C=CN1[C@H]2C(=O)Nc1cccc(C(F)(F)F)c1. The minimum atomic E-state index is -4.64. The van der Waals surface area contributed by atoms with Crippen molar-refractivity contribution in [2.45, 2.75) is 18.3 Å². The molecule has 3 aliphatic rings. The number of fused-ring (bicyclic) bond motifs is 5. The predicted molar refractivity (Wildman–Crippen MR) is 143 cm³/mol. The molecule has 0 aromatic heterocycles. The molecule has 3 aromatic rings. The number of alkyl halides is 3. The lowest BCUT2D eigenvalue weighted by molar-refractivity contribution is -0.384. The molecule has 3 amide bonds. The fourth-order valence-corrected chi connectivity index (χ4v) is 6.05. The van der Waals surface area contributed by atoms with Crippen LogP contribution in [0.5, 0.6) is 5.75 Å². The van der Waals surface area contributed by atoms with Crippen LogP contribution in [-0.2, 0) is 20.6 Å². The molecular formula is C29H21F3N4O6.